The zero-order valence-corrected chi connectivity index (χ0v) is 13.7. The summed E-state index contributed by atoms with van der Waals surface area (Å²) in [7, 11) is 0. The lowest BCUT2D eigenvalue weighted by molar-refractivity contribution is 0.235. The molecule has 0 saturated carbocycles. The van der Waals surface area contributed by atoms with Gasteiger partial charge in [-0.05, 0) is 6.07 Å². The van der Waals surface area contributed by atoms with Crippen LogP contribution < -0.4 is 16.0 Å². The number of halogens is 2. The van der Waals surface area contributed by atoms with Crippen molar-refractivity contribution >= 4 is 35.0 Å². The summed E-state index contributed by atoms with van der Waals surface area (Å²) in [6, 6.07) is 5.20. The van der Waals surface area contributed by atoms with Crippen LogP contribution in [0.25, 0.3) is 11.3 Å². The Morgan fingerprint density at radius 2 is 2.17 bits per heavy atom. The van der Waals surface area contributed by atoms with E-state index in [0.29, 0.717) is 33.8 Å². The minimum atomic E-state index is -0.0179. The molecule has 1 fully saturated rings. The molecule has 0 bridgehead atoms. The van der Waals surface area contributed by atoms with E-state index in [1.165, 1.54) is 0 Å². The van der Waals surface area contributed by atoms with Crippen molar-refractivity contribution in [1.29, 1.82) is 0 Å². The van der Waals surface area contributed by atoms with Crippen molar-refractivity contribution in [2.24, 2.45) is 0 Å². The number of aliphatic hydroxyl groups is 1. The highest BCUT2D eigenvalue weighted by atomic mass is 35.5. The third-order valence-corrected chi connectivity index (χ3v) is 4.49. The highest BCUT2D eigenvalue weighted by Crippen LogP contribution is 2.34. The average Bonchev–Trinajstić information content (AvgIpc) is 2.58. The number of piperazine rings is 1. The summed E-state index contributed by atoms with van der Waals surface area (Å²) >= 11 is 12.2. The summed E-state index contributed by atoms with van der Waals surface area (Å²) in [4.78, 5) is 6.27. The van der Waals surface area contributed by atoms with E-state index in [2.05, 4.69) is 20.5 Å². The summed E-state index contributed by atoms with van der Waals surface area (Å²) in [6.07, 6.45) is 0. The summed E-state index contributed by atoms with van der Waals surface area (Å²) in [5.74, 6) is 0.669. The SMILES string of the molecule is Nc1nc(N2CCN[C@H](CO)C2)nnc1-c1cccc(Cl)c1Cl. The highest BCUT2D eigenvalue weighted by molar-refractivity contribution is 6.43. The van der Waals surface area contributed by atoms with Gasteiger partial charge in [0.15, 0.2) is 5.82 Å². The van der Waals surface area contributed by atoms with Gasteiger partial charge in [-0.3, -0.25) is 0 Å². The number of nitrogens with zero attached hydrogens (tertiary/aromatic N) is 4. The normalized spacial score (nSPS) is 18.2. The predicted octanol–water partition coefficient (Wildman–Crippen LogP) is 1.20. The van der Waals surface area contributed by atoms with E-state index in [0.717, 1.165) is 13.1 Å². The molecule has 1 aromatic heterocycles. The zero-order chi connectivity index (χ0) is 16.4. The van der Waals surface area contributed by atoms with E-state index in [-0.39, 0.29) is 18.5 Å². The lowest BCUT2D eigenvalue weighted by atomic mass is 10.1. The van der Waals surface area contributed by atoms with Crippen LogP contribution in [0.4, 0.5) is 11.8 Å². The monoisotopic (exact) mass is 354 g/mol. The van der Waals surface area contributed by atoms with Crippen LogP contribution >= 0.6 is 23.2 Å². The van der Waals surface area contributed by atoms with Crippen molar-refractivity contribution in [2.75, 3.05) is 36.9 Å². The summed E-state index contributed by atoms with van der Waals surface area (Å²) in [5, 5.41) is 21.6. The number of aliphatic hydroxyl groups excluding tert-OH is 1. The number of anilines is 2. The van der Waals surface area contributed by atoms with Crippen LogP contribution in [-0.2, 0) is 0 Å². The fourth-order valence-electron chi connectivity index (χ4n) is 2.47. The van der Waals surface area contributed by atoms with E-state index in [4.69, 9.17) is 28.9 Å². The number of aromatic nitrogens is 3. The Hall–Kier alpha value is -1.67. The molecular formula is C14H16Cl2N6O. The molecule has 1 aliphatic heterocycles. The molecule has 2 aromatic rings. The molecule has 0 aliphatic carbocycles. The molecule has 2 heterocycles. The second kappa shape index (κ2) is 6.84. The van der Waals surface area contributed by atoms with E-state index in [9.17, 15) is 5.11 Å². The highest BCUT2D eigenvalue weighted by Gasteiger charge is 2.22. The number of benzene rings is 1. The molecule has 0 spiro atoms. The van der Waals surface area contributed by atoms with Crippen LogP contribution in [-0.4, -0.2) is 52.6 Å². The Balaban J connectivity index is 1.90. The Kier molecular flexibility index (Phi) is 4.82. The number of rotatable bonds is 3. The first-order valence-electron chi connectivity index (χ1n) is 7.14. The van der Waals surface area contributed by atoms with Gasteiger partial charge in [-0.1, -0.05) is 35.3 Å². The zero-order valence-electron chi connectivity index (χ0n) is 12.2. The molecule has 0 amide bonds. The maximum atomic E-state index is 9.26. The van der Waals surface area contributed by atoms with E-state index in [1.54, 1.807) is 18.2 Å². The van der Waals surface area contributed by atoms with Crippen molar-refractivity contribution in [3.63, 3.8) is 0 Å². The van der Waals surface area contributed by atoms with Gasteiger partial charge in [-0.25, -0.2) is 0 Å². The first kappa shape index (κ1) is 16.2. The molecule has 3 rings (SSSR count). The minimum Gasteiger partial charge on any atom is -0.395 e. The van der Waals surface area contributed by atoms with Crippen LogP contribution in [0.3, 0.4) is 0 Å². The topological polar surface area (TPSA) is 100 Å². The molecule has 1 aromatic carbocycles. The van der Waals surface area contributed by atoms with E-state index >= 15 is 0 Å². The summed E-state index contributed by atoms with van der Waals surface area (Å²) < 4.78 is 0. The molecule has 4 N–H and O–H groups in total. The van der Waals surface area contributed by atoms with Crippen LogP contribution in [0.5, 0.6) is 0 Å². The molecule has 23 heavy (non-hydrogen) atoms. The molecule has 9 heteroatoms. The van der Waals surface area contributed by atoms with Gasteiger partial charge < -0.3 is 21.1 Å². The second-order valence-corrected chi connectivity index (χ2v) is 6.01. The van der Waals surface area contributed by atoms with Crippen LogP contribution in [0.15, 0.2) is 18.2 Å². The molecule has 1 saturated heterocycles. The smallest absolute Gasteiger partial charge is 0.247 e. The van der Waals surface area contributed by atoms with Crippen LogP contribution in [0.2, 0.25) is 10.0 Å². The number of nitrogens with two attached hydrogens (primary N) is 1. The van der Waals surface area contributed by atoms with Crippen molar-refractivity contribution in [3.8, 4) is 11.3 Å². The van der Waals surface area contributed by atoms with Gasteiger partial charge in [0.25, 0.3) is 0 Å². The first-order valence-corrected chi connectivity index (χ1v) is 7.89. The standard InChI is InChI=1S/C14H16Cl2N6O/c15-10-3-1-2-9(11(10)16)12-13(17)19-14(21-20-12)22-5-4-18-8(6-22)7-23/h1-3,8,18,23H,4-7H2,(H2,17,19,21)/t8-/m0/s1. The van der Waals surface area contributed by atoms with Crippen molar-refractivity contribution in [2.45, 2.75) is 6.04 Å². The van der Waals surface area contributed by atoms with Crippen molar-refractivity contribution in [3.05, 3.63) is 28.2 Å². The summed E-state index contributed by atoms with van der Waals surface area (Å²) in [6.45, 7) is 2.09. The minimum absolute atomic E-state index is 0.0179. The Labute approximate surface area is 143 Å². The number of nitrogens with one attached hydrogen (secondary N) is 1. The third-order valence-electron chi connectivity index (χ3n) is 3.67. The molecule has 1 aliphatic rings. The molecular weight excluding hydrogens is 339 g/mol. The molecule has 1 atom stereocenters. The van der Waals surface area contributed by atoms with Gasteiger partial charge in [0.05, 0.1) is 16.7 Å². The van der Waals surface area contributed by atoms with Gasteiger partial charge in [-0.15, -0.1) is 10.2 Å². The molecule has 0 radical (unpaired) electrons. The number of nitrogen functional groups attached to an aromatic ring is 1. The van der Waals surface area contributed by atoms with Crippen LogP contribution in [0.1, 0.15) is 0 Å². The average molecular weight is 355 g/mol. The van der Waals surface area contributed by atoms with Crippen LogP contribution in [0, 0.1) is 0 Å². The van der Waals surface area contributed by atoms with E-state index in [1.807, 2.05) is 4.90 Å². The number of hydrogen-bond donors (Lipinski definition) is 3. The lowest BCUT2D eigenvalue weighted by Crippen LogP contribution is -2.52. The second-order valence-electron chi connectivity index (χ2n) is 5.23. The molecule has 7 nitrogen and oxygen atoms in total. The fourth-order valence-corrected chi connectivity index (χ4v) is 2.86. The van der Waals surface area contributed by atoms with Gasteiger partial charge in [0, 0.05) is 31.2 Å². The largest absolute Gasteiger partial charge is 0.395 e. The van der Waals surface area contributed by atoms with Gasteiger partial charge >= 0.3 is 0 Å². The maximum absolute atomic E-state index is 9.26. The summed E-state index contributed by atoms with van der Waals surface area (Å²) in [5.41, 5.74) is 7.03. The van der Waals surface area contributed by atoms with Crippen molar-refractivity contribution in [1.82, 2.24) is 20.5 Å². The molecule has 0 unspecified atom stereocenters. The molecule has 122 valence electrons. The quantitative estimate of drug-likeness (QED) is 0.761. The Morgan fingerprint density at radius 1 is 1.35 bits per heavy atom. The first-order chi connectivity index (χ1) is 11.1. The fraction of sp³-hybridized carbons (Fsp3) is 0.357. The third kappa shape index (κ3) is 3.32. The Morgan fingerprint density at radius 3 is 2.91 bits per heavy atom. The lowest BCUT2D eigenvalue weighted by Gasteiger charge is -2.32. The van der Waals surface area contributed by atoms with Crippen molar-refractivity contribution < 1.29 is 5.11 Å². The number of hydrogen-bond acceptors (Lipinski definition) is 7. The van der Waals surface area contributed by atoms with Gasteiger partial charge in [0.1, 0.15) is 5.69 Å². The Bertz CT molecular complexity index is 714. The maximum Gasteiger partial charge on any atom is 0.247 e. The van der Waals surface area contributed by atoms with Gasteiger partial charge in [0.2, 0.25) is 5.95 Å². The van der Waals surface area contributed by atoms with Gasteiger partial charge in [-0.2, -0.15) is 4.98 Å². The predicted molar refractivity (Wildman–Crippen MR) is 90.8 cm³/mol. The van der Waals surface area contributed by atoms with E-state index < -0.39 is 0 Å².